The maximum absolute atomic E-state index is 12.8. The number of carbonyl (C=O) groups excluding carboxylic acids is 1. The number of sulfonamides is 1. The van der Waals surface area contributed by atoms with E-state index in [1.54, 1.807) is 18.2 Å². The molecule has 0 aliphatic carbocycles. The molecule has 1 aliphatic heterocycles. The molecule has 1 unspecified atom stereocenters. The molecule has 1 aliphatic rings. The van der Waals surface area contributed by atoms with Crippen molar-refractivity contribution in [3.05, 3.63) is 65.7 Å². The molecule has 1 saturated heterocycles. The van der Waals surface area contributed by atoms with Crippen molar-refractivity contribution in [3.63, 3.8) is 0 Å². The summed E-state index contributed by atoms with van der Waals surface area (Å²) < 4.78 is 64.6. The van der Waals surface area contributed by atoms with Crippen LogP contribution in [-0.2, 0) is 27.5 Å². The maximum atomic E-state index is 12.8. The average Bonchev–Trinajstić information content (AvgIpc) is 3.17. The van der Waals surface area contributed by atoms with Gasteiger partial charge in [0.05, 0.1) is 10.5 Å². The summed E-state index contributed by atoms with van der Waals surface area (Å²) in [6.45, 7) is 0.266. The molecule has 2 aromatic carbocycles. The Kier molecular flexibility index (Phi) is 5.76. The van der Waals surface area contributed by atoms with Gasteiger partial charge in [0.25, 0.3) is 0 Å². The Labute approximate surface area is 161 Å². The Morgan fingerprint density at radius 2 is 1.71 bits per heavy atom. The van der Waals surface area contributed by atoms with Gasteiger partial charge in [-0.05, 0) is 42.7 Å². The number of alkyl halides is 3. The first-order valence-electron chi connectivity index (χ1n) is 8.70. The number of carbonyl (C=O) groups is 1. The second kappa shape index (κ2) is 7.92. The minimum Gasteiger partial charge on any atom is -0.351 e. The molecule has 5 nitrogen and oxygen atoms in total. The summed E-state index contributed by atoms with van der Waals surface area (Å²) in [6, 6.07) is 11.5. The molecule has 0 bridgehead atoms. The Morgan fingerprint density at radius 3 is 2.32 bits per heavy atom. The van der Waals surface area contributed by atoms with Crippen LogP contribution in [0.3, 0.4) is 0 Å². The van der Waals surface area contributed by atoms with E-state index in [0.717, 1.165) is 12.1 Å². The first-order chi connectivity index (χ1) is 13.2. The summed E-state index contributed by atoms with van der Waals surface area (Å²) in [6.07, 6.45) is -3.47. The molecule has 1 heterocycles. The molecular formula is C19H19F3N2O3S. The molecule has 0 spiro atoms. The quantitative estimate of drug-likeness (QED) is 0.820. The zero-order valence-electron chi connectivity index (χ0n) is 14.8. The molecule has 0 saturated carbocycles. The van der Waals surface area contributed by atoms with Gasteiger partial charge in [0.1, 0.15) is 6.04 Å². The fourth-order valence-electron chi connectivity index (χ4n) is 3.14. The summed E-state index contributed by atoms with van der Waals surface area (Å²) in [7, 11) is -3.79. The van der Waals surface area contributed by atoms with Crippen LogP contribution >= 0.6 is 0 Å². The van der Waals surface area contributed by atoms with Gasteiger partial charge in [-0.3, -0.25) is 4.79 Å². The Bertz CT molecular complexity index is 929. The molecule has 9 heteroatoms. The highest BCUT2D eigenvalue weighted by Gasteiger charge is 2.39. The van der Waals surface area contributed by atoms with Gasteiger partial charge < -0.3 is 5.32 Å². The van der Waals surface area contributed by atoms with Crippen molar-refractivity contribution in [3.8, 4) is 0 Å². The Morgan fingerprint density at radius 1 is 1.07 bits per heavy atom. The lowest BCUT2D eigenvalue weighted by atomic mass is 10.1. The standard InChI is InChI=1S/C19H19F3N2O3S/c20-19(21,22)15-10-8-14(9-11-15)13-23-18(25)17-7-4-12-24(17)28(26,27)16-5-2-1-3-6-16/h1-3,5-6,8-11,17H,4,7,12-13H2,(H,23,25). The van der Waals surface area contributed by atoms with Gasteiger partial charge >= 0.3 is 6.18 Å². The number of rotatable bonds is 5. The van der Waals surface area contributed by atoms with Crippen molar-refractivity contribution < 1.29 is 26.4 Å². The van der Waals surface area contributed by atoms with Gasteiger partial charge in [-0.2, -0.15) is 17.5 Å². The van der Waals surface area contributed by atoms with E-state index >= 15 is 0 Å². The van der Waals surface area contributed by atoms with Crippen LogP contribution in [-0.4, -0.2) is 31.2 Å². The highest BCUT2D eigenvalue weighted by Crippen LogP contribution is 2.29. The molecular weight excluding hydrogens is 393 g/mol. The molecule has 2 aromatic rings. The second-order valence-corrected chi connectivity index (χ2v) is 8.39. The first-order valence-corrected chi connectivity index (χ1v) is 10.1. The third-order valence-electron chi connectivity index (χ3n) is 4.60. The molecule has 1 N–H and O–H groups in total. The third-order valence-corrected chi connectivity index (χ3v) is 6.53. The molecule has 1 amide bonds. The number of nitrogens with one attached hydrogen (secondary N) is 1. The van der Waals surface area contributed by atoms with E-state index in [1.807, 2.05) is 0 Å². The summed E-state index contributed by atoms with van der Waals surface area (Å²) in [5.74, 6) is -0.461. The molecule has 0 aromatic heterocycles. The van der Waals surface area contributed by atoms with Gasteiger partial charge in [0, 0.05) is 13.1 Å². The summed E-state index contributed by atoms with van der Waals surface area (Å²) in [4.78, 5) is 12.7. The van der Waals surface area contributed by atoms with Crippen LogP contribution in [0.4, 0.5) is 13.2 Å². The minimum atomic E-state index is -4.42. The zero-order valence-corrected chi connectivity index (χ0v) is 15.6. The number of hydrogen-bond donors (Lipinski definition) is 1. The molecule has 28 heavy (non-hydrogen) atoms. The Hall–Kier alpha value is -2.39. The third kappa shape index (κ3) is 4.36. The van der Waals surface area contributed by atoms with Gasteiger partial charge in [0.2, 0.25) is 15.9 Å². The van der Waals surface area contributed by atoms with Crippen molar-refractivity contribution >= 4 is 15.9 Å². The van der Waals surface area contributed by atoms with Crippen LogP contribution in [0.2, 0.25) is 0 Å². The van der Waals surface area contributed by atoms with Gasteiger partial charge in [-0.15, -0.1) is 0 Å². The van der Waals surface area contributed by atoms with Gasteiger partial charge in [-0.25, -0.2) is 8.42 Å². The van der Waals surface area contributed by atoms with Crippen molar-refractivity contribution in [2.75, 3.05) is 6.54 Å². The van der Waals surface area contributed by atoms with Gasteiger partial charge in [-0.1, -0.05) is 30.3 Å². The lowest BCUT2D eigenvalue weighted by Crippen LogP contribution is -2.45. The zero-order chi connectivity index (χ0) is 20.4. The summed E-state index contributed by atoms with van der Waals surface area (Å²) in [5.41, 5.74) is -0.268. The number of halogens is 3. The monoisotopic (exact) mass is 412 g/mol. The fraction of sp³-hybridized carbons (Fsp3) is 0.316. The lowest BCUT2D eigenvalue weighted by Gasteiger charge is -2.23. The molecule has 3 rings (SSSR count). The van der Waals surface area contributed by atoms with Crippen molar-refractivity contribution in [1.82, 2.24) is 9.62 Å². The van der Waals surface area contributed by atoms with E-state index in [2.05, 4.69) is 5.32 Å². The molecule has 1 fully saturated rings. The highest BCUT2D eigenvalue weighted by atomic mass is 32.2. The van der Waals surface area contributed by atoms with Crippen LogP contribution in [0.25, 0.3) is 0 Å². The fourth-order valence-corrected chi connectivity index (χ4v) is 4.81. The van der Waals surface area contributed by atoms with E-state index in [9.17, 15) is 26.4 Å². The van der Waals surface area contributed by atoms with Crippen molar-refractivity contribution in [2.45, 2.75) is 36.5 Å². The molecule has 0 radical (unpaired) electrons. The van der Waals surface area contributed by atoms with Crippen LogP contribution in [0.5, 0.6) is 0 Å². The summed E-state index contributed by atoms with van der Waals surface area (Å²) >= 11 is 0. The van der Waals surface area contributed by atoms with Crippen LogP contribution in [0.15, 0.2) is 59.5 Å². The highest BCUT2D eigenvalue weighted by molar-refractivity contribution is 7.89. The lowest BCUT2D eigenvalue weighted by molar-refractivity contribution is -0.137. The normalized spacial score (nSPS) is 18.2. The SMILES string of the molecule is O=C(NCc1ccc(C(F)(F)F)cc1)C1CCCN1S(=O)(=O)c1ccccc1. The van der Waals surface area contributed by atoms with Crippen LogP contribution in [0.1, 0.15) is 24.0 Å². The smallest absolute Gasteiger partial charge is 0.351 e. The van der Waals surface area contributed by atoms with E-state index in [-0.39, 0.29) is 18.0 Å². The molecule has 150 valence electrons. The molecule has 1 atom stereocenters. The number of hydrogen-bond acceptors (Lipinski definition) is 3. The second-order valence-electron chi connectivity index (χ2n) is 6.50. The number of nitrogens with zero attached hydrogens (tertiary/aromatic N) is 1. The Balaban J connectivity index is 1.67. The van der Waals surface area contributed by atoms with Gasteiger partial charge in [0.15, 0.2) is 0 Å². The largest absolute Gasteiger partial charge is 0.416 e. The van der Waals surface area contributed by atoms with E-state index in [4.69, 9.17) is 0 Å². The van der Waals surface area contributed by atoms with E-state index < -0.39 is 33.7 Å². The van der Waals surface area contributed by atoms with Crippen molar-refractivity contribution in [1.29, 1.82) is 0 Å². The number of benzene rings is 2. The van der Waals surface area contributed by atoms with Crippen LogP contribution < -0.4 is 5.32 Å². The van der Waals surface area contributed by atoms with E-state index in [1.165, 1.54) is 28.6 Å². The predicted octanol–water partition coefficient (Wildman–Crippen LogP) is 3.17. The topological polar surface area (TPSA) is 66.5 Å². The van der Waals surface area contributed by atoms with Crippen molar-refractivity contribution in [2.24, 2.45) is 0 Å². The maximum Gasteiger partial charge on any atom is 0.416 e. The average molecular weight is 412 g/mol. The van der Waals surface area contributed by atoms with E-state index in [0.29, 0.717) is 18.4 Å². The predicted molar refractivity (Wildman–Crippen MR) is 96.6 cm³/mol. The minimum absolute atomic E-state index is 0.0205. The summed E-state index contributed by atoms with van der Waals surface area (Å²) in [5, 5.41) is 2.63. The number of amides is 1. The first kappa shape index (κ1) is 20.3. The van der Waals surface area contributed by atoms with Crippen LogP contribution in [0, 0.1) is 0 Å².